The summed E-state index contributed by atoms with van der Waals surface area (Å²) in [4.78, 5) is 43.9. The van der Waals surface area contributed by atoms with Crippen molar-refractivity contribution < 1.29 is 23.6 Å². The standard InChI is InChI=1S/C34H29N3O7S/c1-6-43-33(39)29-20(4)35-34-36(31(29)30-24-10-8-7-9-21(24)11-13-27(30)42-5)32(38)28(45-34)17-23-12-14-26(44-23)22-15-18(2)19(3)25(16-22)37(40)41/h7-17,31H,6H2,1-5H3/b28-17-/t31-/m0/s1. The van der Waals surface area contributed by atoms with Crippen molar-refractivity contribution in [2.75, 3.05) is 13.7 Å². The lowest BCUT2D eigenvalue weighted by Crippen LogP contribution is -2.40. The molecule has 1 aliphatic rings. The summed E-state index contributed by atoms with van der Waals surface area (Å²) in [5.74, 6) is 0.768. The zero-order chi connectivity index (χ0) is 32.0. The number of carbonyl (C=O) groups is 1. The summed E-state index contributed by atoms with van der Waals surface area (Å²) >= 11 is 1.17. The SMILES string of the molecule is CCOC(=O)C1=C(C)N=c2s/c(=C\c3ccc(-c4cc(C)c(C)c([N+](=O)[O-])c4)o3)c(=O)n2[C@@H]1c1c(OC)ccc2ccccc12. The van der Waals surface area contributed by atoms with Gasteiger partial charge >= 0.3 is 5.97 Å². The molecule has 3 aromatic carbocycles. The minimum absolute atomic E-state index is 0.00731. The van der Waals surface area contributed by atoms with Crippen molar-refractivity contribution in [2.45, 2.75) is 33.7 Å². The Balaban J connectivity index is 1.54. The molecule has 1 atom stereocenters. The number of esters is 1. The van der Waals surface area contributed by atoms with Crippen LogP contribution in [0.15, 0.2) is 86.1 Å². The molecule has 1 aliphatic heterocycles. The van der Waals surface area contributed by atoms with Crippen LogP contribution in [0.4, 0.5) is 5.69 Å². The molecule has 6 rings (SSSR count). The van der Waals surface area contributed by atoms with Gasteiger partial charge in [0.15, 0.2) is 4.80 Å². The molecule has 0 radical (unpaired) electrons. The van der Waals surface area contributed by atoms with E-state index in [1.807, 2.05) is 49.4 Å². The number of fused-ring (bicyclic) bond motifs is 2. The van der Waals surface area contributed by atoms with Crippen LogP contribution in [0.2, 0.25) is 0 Å². The van der Waals surface area contributed by atoms with Crippen molar-refractivity contribution >= 4 is 39.8 Å². The van der Waals surface area contributed by atoms with Crippen molar-refractivity contribution in [1.82, 2.24) is 4.57 Å². The van der Waals surface area contributed by atoms with Gasteiger partial charge < -0.3 is 13.9 Å². The Hall–Kier alpha value is -5.29. The van der Waals surface area contributed by atoms with Crippen LogP contribution >= 0.6 is 11.3 Å². The zero-order valence-electron chi connectivity index (χ0n) is 25.2. The van der Waals surface area contributed by atoms with E-state index in [4.69, 9.17) is 13.9 Å². The first-order valence-corrected chi connectivity index (χ1v) is 15.1. The Bertz CT molecular complexity index is 2240. The van der Waals surface area contributed by atoms with Crippen molar-refractivity contribution in [3.8, 4) is 17.1 Å². The first kappa shape index (κ1) is 29.8. The van der Waals surface area contributed by atoms with E-state index >= 15 is 0 Å². The number of aromatic nitrogens is 1. The number of hydrogen-bond acceptors (Lipinski definition) is 9. The number of thiazole rings is 1. The summed E-state index contributed by atoms with van der Waals surface area (Å²) in [6.07, 6.45) is 1.61. The third-order valence-electron chi connectivity index (χ3n) is 7.96. The monoisotopic (exact) mass is 623 g/mol. The quantitative estimate of drug-likeness (QED) is 0.128. The maximum Gasteiger partial charge on any atom is 0.338 e. The van der Waals surface area contributed by atoms with Crippen LogP contribution in [0, 0.1) is 24.0 Å². The fourth-order valence-corrected chi connectivity index (χ4v) is 6.71. The molecule has 0 saturated carbocycles. The number of nitro benzene ring substituents is 1. The number of carbonyl (C=O) groups excluding carboxylic acids is 1. The summed E-state index contributed by atoms with van der Waals surface area (Å²) in [5.41, 5.74) is 2.90. The van der Waals surface area contributed by atoms with Gasteiger partial charge in [0.05, 0.1) is 34.4 Å². The zero-order valence-corrected chi connectivity index (χ0v) is 26.1. The molecule has 45 heavy (non-hydrogen) atoms. The number of nitro groups is 1. The molecule has 0 N–H and O–H groups in total. The number of methoxy groups -OCH3 is 1. The molecule has 0 saturated heterocycles. The Morgan fingerprint density at radius 2 is 1.91 bits per heavy atom. The van der Waals surface area contributed by atoms with Gasteiger partial charge in [0.25, 0.3) is 11.2 Å². The Kier molecular flexibility index (Phi) is 7.71. The smallest absolute Gasteiger partial charge is 0.338 e. The minimum atomic E-state index is -0.869. The molecule has 0 aliphatic carbocycles. The lowest BCUT2D eigenvalue weighted by molar-refractivity contribution is -0.385. The molecule has 228 valence electrons. The molecule has 2 aromatic heterocycles. The van der Waals surface area contributed by atoms with Gasteiger partial charge in [-0.05, 0) is 68.3 Å². The summed E-state index contributed by atoms with van der Waals surface area (Å²) in [6, 6.07) is 17.3. The molecule has 0 spiro atoms. The van der Waals surface area contributed by atoms with Crippen LogP contribution in [-0.2, 0) is 9.53 Å². The van der Waals surface area contributed by atoms with Crippen molar-refractivity contribution in [1.29, 1.82) is 0 Å². The molecule has 3 heterocycles. The van der Waals surface area contributed by atoms with Crippen LogP contribution < -0.4 is 19.6 Å². The molecular weight excluding hydrogens is 594 g/mol. The molecule has 10 nitrogen and oxygen atoms in total. The Morgan fingerprint density at radius 3 is 2.64 bits per heavy atom. The van der Waals surface area contributed by atoms with Gasteiger partial charge in [0, 0.05) is 28.8 Å². The van der Waals surface area contributed by atoms with Gasteiger partial charge in [-0.25, -0.2) is 9.79 Å². The highest BCUT2D eigenvalue weighted by atomic mass is 32.1. The van der Waals surface area contributed by atoms with Crippen LogP contribution in [0.1, 0.15) is 42.3 Å². The lowest BCUT2D eigenvalue weighted by Gasteiger charge is -2.27. The molecule has 0 bridgehead atoms. The van der Waals surface area contributed by atoms with E-state index in [0.29, 0.717) is 49.0 Å². The van der Waals surface area contributed by atoms with Crippen LogP contribution in [0.3, 0.4) is 0 Å². The van der Waals surface area contributed by atoms with Crippen LogP contribution in [0.5, 0.6) is 5.75 Å². The van der Waals surface area contributed by atoms with E-state index in [1.54, 1.807) is 46.1 Å². The largest absolute Gasteiger partial charge is 0.496 e. The highest BCUT2D eigenvalue weighted by Gasteiger charge is 2.36. The van der Waals surface area contributed by atoms with Gasteiger partial charge in [-0.3, -0.25) is 19.5 Å². The van der Waals surface area contributed by atoms with E-state index in [0.717, 1.165) is 16.3 Å². The minimum Gasteiger partial charge on any atom is -0.496 e. The van der Waals surface area contributed by atoms with Gasteiger partial charge in [-0.15, -0.1) is 0 Å². The number of furan rings is 1. The fraction of sp³-hybridized carbons (Fsp3) is 0.206. The second kappa shape index (κ2) is 11.7. The third-order valence-corrected chi connectivity index (χ3v) is 8.95. The fourth-order valence-electron chi connectivity index (χ4n) is 5.69. The summed E-state index contributed by atoms with van der Waals surface area (Å²) in [5, 5.41) is 13.3. The average Bonchev–Trinajstić information content (AvgIpc) is 3.61. The molecule has 5 aromatic rings. The topological polar surface area (TPSA) is 126 Å². The van der Waals surface area contributed by atoms with Gasteiger partial charge in [0.2, 0.25) is 0 Å². The highest BCUT2D eigenvalue weighted by Crippen LogP contribution is 2.40. The number of benzene rings is 3. The van der Waals surface area contributed by atoms with Crippen molar-refractivity contribution in [2.24, 2.45) is 4.99 Å². The third kappa shape index (κ3) is 5.14. The van der Waals surface area contributed by atoms with Crippen molar-refractivity contribution in [3.63, 3.8) is 0 Å². The molecule has 0 fully saturated rings. The summed E-state index contributed by atoms with van der Waals surface area (Å²) in [6.45, 7) is 7.13. The summed E-state index contributed by atoms with van der Waals surface area (Å²) in [7, 11) is 1.55. The molecule has 0 unspecified atom stereocenters. The first-order valence-electron chi connectivity index (χ1n) is 14.2. The second-order valence-corrected chi connectivity index (χ2v) is 11.6. The van der Waals surface area contributed by atoms with Crippen molar-refractivity contribution in [3.05, 3.63) is 124 Å². The number of rotatable bonds is 7. The van der Waals surface area contributed by atoms with Gasteiger partial charge in [-0.2, -0.15) is 0 Å². The average molecular weight is 624 g/mol. The van der Waals surface area contributed by atoms with Crippen LogP contribution in [0.25, 0.3) is 28.2 Å². The maximum atomic E-state index is 14.2. The van der Waals surface area contributed by atoms with E-state index in [1.165, 1.54) is 22.0 Å². The summed E-state index contributed by atoms with van der Waals surface area (Å²) < 4.78 is 19.1. The Morgan fingerprint density at radius 1 is 1.13 bits per heavy atom. The maximum absolute atomic E-state index is 14.2. The van der Waals surface area contributed by atoms with E-state index in [-0.39, 0.29) is 23.4 Å². The predicted molar refractivity (Wildman–Crippen MR) is 171 cm³/mol. The lowest BCUT2D eigenvalue weighted by atomic mass is 9.90. The second-order valence-electron chi connectivity index (χ2n) is 10.6. The predicted octanol–water partition coefficient (Wildman–Crippen LogP) is 5.75. The Labute approximate surface area is 261 Å². The first-order chi connectivity index (χ1) is 21.6. The number of hydrogen-bond donors (Lipinski definition) is 0. The van der Waals surface area contributed by atoms with E-state index in [9.17, 15) is 19.7 Å². The highest BCUT2D eigenvalue weighted by molar-refractivity contribution is 7.07. The van der Waals surface area contributed by atoms with Gasteiger partial charge in [-0.1, -0.05) is 41.7 Å². The van der Waals surface area contributed by atoms with E-state index < -0.39 is 16.9 Å². The normalized spacial score (nSPS) is 14.8. The number of aryl methyl sites for hydroxylation is 1. The molecular formula is C34H29N3O7S. The van der Waals surface area contributed by atoms with Gasteiger partial charge in [0.1, 0.15) is 23.3 Å². The number of nitrogens with zero attached hydrogens (tertiary/aromatic N) is 3. The molecule has 0 amide bonds. The van der Waals surface area contributed by atoms with E-state index in [2.05, 4.69) is 4.99 Å². The number of allylic oxidation sites excluding steroid dienone is 1. The number of ether oxygens (including phenoxy) is 2. The molecule has 11 heteroatoms. The van der Waals surface area contributed by atoms with Crippen LogP contribution in [-0.4, -0.2) is 29.2 Å².